The second-order valence-electron chi connectivity index (χ2n) is 7.70. The number of carbonyl (C=O) groups excluding carboxylic acids is 2. The number of amides is 1. The summed E-state index contributed by atoms with van der Waals surface area (Å²) in [5, 5.41) is 10.8. The van der Waals surface area contributed by atoms with Crippen molar-refractivity contribution in [3.8, 4) is 0 Å². The van der Waals surface area contributed by atoms with Crippen LogP contribution in [0.4, 0.5) is 10.1 Å². The van der Waals surface area contributed by atoms with E-state index in [-0.39, 0.29) is 16.1 Å². The first kappa shape index (κ1) is 23.2. The summed E-state index contributed by atoms with van der Waals surface area (Å²) in [6.45, 7) is 1.80. The van der Waals surface area contributed by atoms with E-state index in [1.165, 1.54) is 55.6 Å². The number of sulfone groups is 1. The van der Waals surface area contributed by atoms with Crippen molar-refractivity contribution in [3.63, 3.8) is 0 Å². The highest BCUT2D eigenvalue weighted by atomic mass is 32.2. The molecule has 1 aliphatic heterocycles. The third-order valence-corrected chi connectivity index (χ3v) is 7.42. The standard InChI is InChI=1S/C25H20FNO6S/c1-15-3-13-20(14-4-15)34(31,32)23-21(16-5-7-17(8-6-16)25(30)33-2)27(24(29)22(23)28)19-11-9-18(26)10-12-19/h3-14,21,28H,1-2H3. The highest BCUT2D eigenvalue weighted by Crippen LogP contribution is 2.44. The van der Waals surface area contributed by atoms with Crippen molar-refractivity contribution in [2.45, 2.75) is 17.9 Å². The Balaban J connectivity index is 1.91. The first-order valence-corrected chi connectivity index (χ1v) is 11.7. The summed E-state index contributed by atoms with van der Waals surface area (Å²) < 4.78 is 45.4. The fraction of sp³-hybridized carbons (Fsp3) is 0.120. The van der Waals surface area contributed by atoms with Crippen LogP contribution in [0.25, 0.3) is 0 Å². The molecule has 1 unspecified atom stereocenters. The molecule has 1 heterocycles. The maximum Gasteiger partial charge on any atom is 0.337 e. The zero-order valence-electron chi connectivity index (χ0n) is 18.2. The van der Waals surface area contributed by atoms with E-state index in [1.807, 2.05) is 0 Å². The molecule has 0 spiro atoms. The molecule has 0 saturated carbocycles. The maximum atomic E-state index is 13.6. The van der Waals surface area contributed by atoms with Gasteiger partial charge in [-0.25, -0.2) is 17.6 Å². The molecule has 0 fully saturated rings. The predicted octanol–water partition coefficient (Wildman–Crippen LogP) is 4.25. The number of carbonyl (C=O) groups is 2. The fourth-order valence-corrected chi connectivity index (χ4v) is 5.42. The van der Waals surface area contributed by atoms with Crippen LogP contribution >= 0.6 is 0 Å². The topological polar surface area (TPSA) is 101 Å². The van der Waals surface area contributed by atoms with Crippen molar-refractivity contribution in [2.75, 3.05) is 12.0 Å². The number of rotatable bonds is 5. The van der Waals surface area contributed by atoms with E-state index >= 15 is 0 Å². The summed E-state index contributed by atoms with van der Waals surface area (Å²) in [6.07, 6.45) is 0. The Kier molecular flexibility index (Phi) is 5.97. The van der Waals surface area contributed by atoms with Gasteiger partial charge in [0.05, 0.1) is 17.6 Å². The summed E-state index contributed by atoms with van der Waals surface area (Å²) in [5.74, 6) is -3.00. The van der Waals surface area contributed by atoms with Gasteiger partial charge in [0.25, 0.3) is 5.91 Å². The van der Waals surface area contributed by atoms with Gasteiger partial charge in [-0.2, -0.15) is 0 Å². The van der Waals surface area contributed by atoms with Gasteiger partial charge < -0.3 is 9.84 Å². The summed E-state index contributed by atoms with van der Waals surface area (Å²) >= 11 is 0. The van der Waals surface area contributed by atoms with Crippen LogP contribution < -0.4 is 4.90 Å². The van der Waals surface area contributed by atoms with E-state index in [9.17, 15) is 27.5 Å². The average molecular weight is 482 g/mol. The number of aliphatic hydroxyl groups excluding tert-OH is 1. The third-order valence-electron chi connectivity index (χ3n) is 5.53. The summed E-state index contributed by atoms with van der Waals surface area (Å²) in [6, 6.07) is 15.5. The highest BCUT2D eigenvalue weighted by molar-refractivity contribution is 7.95. The van der Waals surface area contributed by atoms with Crippen molar-refractivity contribution in [1.29, 1.82) is 0 Å². The Hall–Kier alpha value is -3.98. The number of esters is 1. The van der Waals surface area contributed by atoms with Crippen LogP contribution in [0.5, 0.6) is 0 Å². The van der Waals surface area contributed by atoms with Crippen molar-refractivity contribution in [3.05, 3.63) is 106 Å². The van der Waals surface area contributed by atoms with Gasteiger partial charge in [-0.05, 0) is 61.0 Å². The van der Waals surface area contributed by atoms with E-state index in [0.29, 0.717) is 5.56 Å². The summed E-state index contributed by atoms with van der Waals surface area (Å²) in [7, 11) is -3.08. The first-order chi connectivity index (χ1) is 16.1. The van der Waals surface area contributed by atoms with E-state index in [2.05, 4.69) is 0 Å². The van der Waals surface area contributed by atoms with Crippen molar-refractivity contribution < 1.29 is 32.2 Å². The van der Waals surface area contributed by atoms with E-state index in [4.69, 9.17) is 4.74 Å². The number of hydrogen-bond donors (Lipinski definition) is 1. The largest absolute Gasteiger partial charge is 0.502 e. The number of anilines is 1. The molecule has 4 rings (SSSR count). The quantitative estimate of drug-likeness (QED) is 0.547. The lowest BCUT2D eigenvalue weighted by atomic mass is 10.0. The van der Waals surface area contributed by atoms with Crippen molar-refractivity contribution in [2.24, 2.45) is 0 Å². The highest BCUT2D eigenvalue weighted by Gasteiger charge is 2.47. The number of aryl methyl sites for hydroxylation is 1. The molecule has 9 heteroatoms. The Morgan fingerprint density at radius 3 is 2.12 bits per heavy atom. The molecule has 0 bridgehead atoms. The van der Waals surface area contributed by atoms with E-state index in [0.717, 1.165) is 22.6 Å². The minimum Gasteiger partial charge on any atom is -0.502 e. The van der Waals surface area contributed by atoms with Crippen LogP contribution in [0, 0.1) is 12.7 Å². The van der Waals surface area contributed by atoms with Gasteiger partial charge in [-0.3, -0.25) is 9.69 Å². The Labute approximate surface area is 195 Å². The average Bonchev–Trinajstić information content (AvgIpc) is 3.10. The molecule has 0 aromatic heterocycles. The monoisotopic (exact) mass is 481 g/mol. The molecule has 0 aliphatic carbocycles. The molecule has 0 radical (unpaired) electrons. The van der Waals surface area contributed by atoms with Crippen LogP contribution in [-0.2, 0) is 19.4 Å². The molecule has 34 heavy (non-hydrogen) atoms. The van der Waals surface area contributed by atoms with Crippen LogP contribution in [0.2, 0.25) is 0 Å². The van der Waals surface area contributed by atoms with Crippen LogP contribution in [0.3, 0.4) is 0 Å². The molecule has 174 valence electrons. The van der Waals surface area contributed by atoms with Crippen LogP contribution in [-0.4, -0.2) is 32.5 Å². The number of aliphatic hydroxyl groups is 1. The number of nitrogens with zero attached hydrogens (tertiary/aromatic N) is 1. The van der Waals surface area contributed by atoms with Gasteiger partial charge in [0.1, 0.15) is 16.8 Å². The number of methoxy groups -OCH3 is 1. The van der Waals surface area contributed by atoms with E-state index < -0.39 is 44.2 Å². The third kappa shape index (κ3) is 3.94. The zero-order valence-corrected chi connectivity index (χ0v) is 19.0. The minimum atomic E-state index is -4.31. The second-order valence-corrected chi connectivity index (χ2v) is 9.62. The van der Waals surface area contributed by atoms with Gasteiger partial charge in [0.15, 0.2) is 5.76 Å². The lowest BCUT2D eigenvalue weighted by Gasteiger charge is -2.27. The van der Waals surface area contributed by atoms with Crippen molar-refractivity contribution >= 4 is 27.4 Å². The lowest BCUT2D eigenvalue weighted by Crippen LogP contribution is -2.31. The number of benzene rings is 3. The molecular weight excluding hydrogens is 461 g/mol. The van der Waals surface area contributed by atoms with Gasteiger partial charge >= 0.3 is 5.97 Å². The molecule has 0 saturated heterocycles. The normalized spacial score (nSPS) is 16.1. The van der Waals surface area contributed by atoms with Gasteiger partial charge in [-0.1, -0.05) is 29.8 Å². The molecule has 7 nitrogen and oxygen atoms in total. The molecule has 1 amide bonds. The predicted molar refractivity (Wildman–Crippen MR) is 122 cm³/mol. The number of halogens is 1. The van der Waals surface area contributed by atoms with Crippen LogP contribution in [0.15, 0.2) is 88.4 Å². The minimum absolute atomic E-state index is 0.0930. The smallest absolute Gasteiger partial charge is 0.337 e. The summed E-state index contributed by atoms with van der Waals surface area (Å²) in [4.78, 5) is 25.5. The Bertz CT molecular complexity index is 1400. The first-order valence-electron chi connectivity index (χ1n) is 10.2. The van der Waals surface area contributed by atoms with E-state index in [1.54, 1.807) is 19.1 Å². The molecule has 1 atom stereocenters. The van der Waals surface area contributed by atoms with Crippen LogP contribution in [0.1, 0.15) is 27.5 Å². The Morgan fingerprint density at radius 2 is 1.56 bits per heavy atom. The van der Waals surface area contributed by atoms with Gasteiger partial charge in [-0.15, -0.1) is 0 Å². The number of hydrogen-bond acceptors (Lipinski definition) is 6. The molecular formula is C25H20FNO6S. The Morgan fingerprint density at radius 1 is 0.971 bits per heavy atom. The molecule has 3 aromatic carbocycles. The van der Waals surface area contributed by atoms with Gasteiger partial charge in [0, 0.05) is 5.69 Å². The zero-order chi connectivity index (χ0) is 24.6. The SMILES string of the molecule is COC(=O)c1ccc(C2C(S(=O)(=O)c3ccc(C)cc3)=C(O)C(=O)N2c2ccc(F)cc2)cc1. The number of ether oxygens (including phenoxy) is 1. The molecule has 1 N–H and O–H groups in total. The summed E-state index contributed by atoms with van der Waals surface area (Å²) in [5.41, 5.74) is 1.57. The molecule has 1 aliphatic rings. The maximum absolute atomic E-state index is 13.6. The molecule has 3 aromatic rings. The van der Waals surface area contributed by atoms with Crippen molar-refractivity contribution in [1.82, 2.24) is 0 Å². The second kappa shape index (κ2) is 8.75. The lowest BCUT2D eigenvalue weighted by molar-refractivity contribution is -0.117. The van der Waals surface area contributed by atoms with Gasteiger partial charge in [0.2, 0.25) is 9.84 Å². The fourth-order valence-electron chi connectivity index (χ4n) is 3.79.